The molecule has 0 unspecified atom stereocenters. The molecule has 0 aliphatic carbocycles. The average molecular weight is 403 g/mol. The highest BCUT2D eigenvalue weighted by atomic mass is 79.9. The van der Waals surface area contributed by atoms with Crippen LogP contribution in [0, 0.1) is 0 Å². The number of hydrogen-bond donors (Lipinski definition) is 1. The maximum atomic E-state index is 12.1. The number of aromatic nitrogens is 1. The summed E-state index contributed by atoms with van der Waals surface area (Å²) in [4.78, 5) is 31.3. The van der Waals surface area contributed by atoms with Crippen molar-refractivity contribution in [1.29, 1.82) is 0 Å². The van der Waals surface area contributed by atoms with Crippen molar-refractivity contribution in [3.05, 3.63) is 40.1 Å². The van der Waals surface area contributed by atoms with E-state index in [0.717, 1.165) is 5.56 Å². The molecule has 23 heavy (non-hydrogen) atoms. The number of rotatable bonds is 3. The predicted molar refractivity (Wildman–Crippen MR) is 89.9 cm³/mol. The van der Waals surface area contributed by atoms with E-state index < -0.39 is 6.04 Å². The van der Waals surface area contributed by atoms with E-state index in [0.29, 0.717) is 9.76 Å². The van der Waals surface area contributed by atoms with Gasteiger partial charge in [-0.1, -0.05) is 18.2 Å². The van der Waals surface area contributed by atoms with E-state index in [1.165, 1.54) is 17.9 Å². The summed E-state index contributed by atoms with van der Waals surface area (Å²) in [6, 6.07) is 2.61. The molecule has 0 radical (unpaired) electrons. The molecule has 124 valence electrons. The number of amides is 2. The molecule has 6 nitrogen and oxygen atoms in total. The van der Waals surface area contributed by atoms with Crippen LogP contribution < -0.4 is 0 Å². The lowest BCUT2D eigenvalue weighted by Crippen LogP contribution is -2.58. The zero-order valence-corrected chi connectivity index (χ0v) is 14.9. The highest BCUT2D eigenvalue weighted by Crippen LogP contribution is 2.31. The number of nitrogens with zero attached hydrogens (tertiary/aromatic N) is 3. The first kappa shape index (κ1) is 17.9. The van der Waals surface area contributed by atoms with E-state index in [1.54, 1.807) is 17.0 Å². The third-order valence-corrected chi connectivity index (χ3v) is 4.44. The number of piperazine rings is 1. The van der Waals surface area contributed by atoms with Gasteiger partial charge in [-0.3, -0.25) is 9.59 Å². The van der Waals surface area contributed by atoms with Crippen molar-refractivity contribution in [2.45, 2.75) is 19.0 Å². The normalized spacial score (nSPS) is 21.2. The fourth-order valence-electron chi connectivity index (χ4n) is 2.74. The Bertz CT molecular complexity index is 620. The van der Waals surface area contributed by atoms with Crippen molar-refractivity contribution >= 4 is 39.3 Å². The molecule has 0 spiro atoms. The fourth-order valence-corrected chi connectivity index (χ4v) is 3.51. The second-order valence-electron chi connectivity index (χ2n) is 5.26. The number of aliphatic hydroxyl groups excluding tert-OH is 1. The van der Waals surface area contributed by atoms with Crippen LogP contribution in [0.1, 0.15) is 18.5 Å². The van der Waals surface area contributed by atoms with Gasteiger partial charge in [0.05, 0.1) is 18.7 Å². The van der Waals surface area contributed by atoms with Crippen LogP contribution in [0.15, 0.2) is 29.4 Å². The van der Waals surface area contributed by atoms with Crippen molar-refractivity contribution < 1.29 is 14.7 Å². The molecule has 8 heteroatoms. The molecule has 1 aliphatic heterocycles. The third kappa shape index (κ3) is 3.91. The van der Waals surface area contributed by atoms with Gasteiger partial charge >= 0.3 is 0 Å². The van der Waals surface area contributed by atoms with Crippen LogP contribution in [-0.2, 0) is 9.59 Å². The summed E-state index contributed by atoms with van der Waals surface area (Å²) in [5.41, 5.74) is 0.769. The molecule has 0 aromatic carbocycles. The minimum absolute atomic E-state index is 0.136. The SMILES string of the molecule is C=CC(=O)N1C[C@@H](c2cc(Cl)nc(Br)c2)N(C(C)=O)C[C@@H]1CO. The predicted octanol–water partition coefficient (Wildman–Crippen LogP) is 1.78. The Labute approximate surface area is 147 Å². The van der Waals surface area contributed by atoms with Gasteiger partial charge in [0.25, 0.3) is 0 Å². The van der Waals surface area contributed by atoms with Crippen LogP contribution in [0.25, 0.3) is 0 Å². The van der Waals surface area contributed by atoms with Gasteiger partial charge in [-0.25, -0.2) is 4.98 Å². The summed E-state index contributed by atoms with van der Waals surface area (Å²) in [6.45, 7) is 5.23. The molecule has 0 bridgehead atoms. The molecule has 1 aromatic rings. The lowest BCUT2D eigenvalue weighted by atomic mass is 10.00. The third-order valence-electron chi connectivity index (χ3n) is 3.84. The largest absolute Gasteiger partial charge is 0.394 e. The average Bonchev–Trinajstić information content (AvgIpc) is 2.51. The van der Waals surface area contributed by atoms with E-state index in [9.17, 15) is 14.7 Å². The van der Waals surface area contributed by atoms with Gasteiger partial charge in [-0.15, -0.1) is 0 Å². The highest BCUT2D eigenvalue weighted by molar-refractivity contribution is 9.10. The Kier molecular flexibility index (Phi) is 5.78. The molecule has 1 N–H and O–H groups in total. The van der Waals surface area contributed by atoms with Crippen molar-refractivity contribution in [1.82, 2.24) is 14.8 Å². The fraction of sp³-hybridized carbons (Fsp3) is 0.400. The van der Waals surface area contributed by atoms with Crippen molar-refractivity contribution in [2.24, 2.45) is 0 Å². The minimum Gasteiger partial charge on any atom is -0.394 e. The summed E-state index contributed by atoms with van der Waals surface area (Å²) < 4.78 is 0.550. The lowest BCUT2D eigenvalue weighted by molar-refractivity contribution is -0.144. The molecule has 1 fully saturated rings. The zero-order valence-electron chi connectivity index (χ0n) is 12.6. The van der Waals surface area contributed by atoms with Crippen molar-refractivity contribution in [2.75, 3.05) is 19.7 Å². The zero-order chi connectivity index (χ0) is 17.1. The summed E-state index contributed by atoms with van der Waals surface area (Å²) in [6.07, 6.45) is 1.21. The molecule has 1 aromatic heterocycles. The van der Waals surface area contributed by atoms with E-state index >= 15 is 0 Å². The van der Waals surface area contributed by atoms with Crippen molar-refractivity contribution in [3.63, 3.8) is 0 Å². The quantitative estimate of drug-likeness (QED) is 0.618. The number of aliphatic hydroxyl groups is 1. The van der Waals surface area contributed by atoms with Gasteiger partial charge in [0.15, 0.2) is 0 Å². The van der Waals surface area contributed by atoms with Crippen LogP contribution in [0.2, 0.25) is 5.15 Å². The Morgan fingerprint density at radius 2 is 2.17 bits per heavy atom. The monoisotopic (exact) mass is 401 g/mol. The molecule has 2 rings (SSSR count). The van der Waals surface area contributed by atoms with Gasteiger partial charge in [-0.2, -0.15) is 0 Å². The van der Waals surface area contributed by atoms with Gasteiger partial charge in [0.2, 0.25) is 11.8 Å². The highest BCUT2D eigenvalue weighted by Gasteiger charge is 2.37. The van der Waals surface area contributed by atoms with E-state index in [-0.39, 0.29) is 37.6 Å². The van der Waals surface area contributed by atoms with Crippen LogP contribution in [0.5, 0.6) is 0 Å². The smallest absolute Gasteiger partial charge is 0.246 e. The summed E-state index contributed by atoms with van der Waals surface area (Å²) in [5, 5.41) is 9.84. The minimum atomic E-state index is -0.457. The first-order chi connectivity index (χ1) is 10.9. The van der Waals surface area contributed by atoms with E-state index in [4.69, 9.17) is 11.6 Å². The van der Waals surface area contributed by atoms with Crippen molar-refractivity contribution in [3.8, 4) is 0 Å². The van der Waals surface area contributed by atoms with Crippen LogP contribution in [0.3, 0.4) is 0 Å². The molecule has 1 saturated heterocycles. The van der Waals surface area contributed by atoms with Gasteiger partial charge < -0.3 is 14.9 Å². The van der Waals surface area contributed by atoms with Crippen LogP contribution in [-0.4, -0.2) is 57.4 Å². The number of carbonyl (C=O) groups excluding carboxylic acids is 2. The molecule has 2 amide bonds. The van der Waals surface area contributed by atoms with Gasteiger partial charge in [0, 0.05) is 20.0 Å². The molecule has 2 atom stereocenters. The number of pyridine rings is 1. The molecule has 0 saturated carbocycles. The maximum Gasteiger partial charge on any atom is 0.246 e. The van der Waals surface area contributed by atoms with E-state index in [2.05, 4.69) is 27.5 Å². The Hall–Kier alpha value is -1.44. The second-order valence-corrected chi connectivity index (χ2v) is 6.46. The summed E-state index contributed by atoms with van der Waals surface area (Å²) >= 11 is 9.28. The molecule has 2 heterocycles. The van der Waals surface area contributed by atoms with Gasteiger partial charge in [0.1, 0.15) is 9.76 Å². The Morgan fingerprint density at radius 3 is 2.70 bits per heavy atom. The second kappa shape index (κ2) is 7.42. The molecular formula is C15H17BrClN3O3. The topological polar surface area (TPSA) is 73.7 Å². The maximum absolute atomic E-state index is 12.1. The standard InChI is InChI=1S/C15H17BrClN3O3/c1-3-15(23)20-7-12(10-4-13(16)18-14(17)5-10)19(9(2)22)6-11(20)8-21/h3-5,11-12,21H,1,6-8H2,2H3/t11-,12+/m1/s1. The Morgan fingerprint density at radius 1 is 1.48 bits per heavy atom. The first-order valence-electron chi connectivity index (χ1n) is 7.01. The van der Waals surface area contributed by atoms with E-state index in [1.807, 2.05) is 0 Å². The van der Waals surface area contributed by atoms with Gasteiger partial charge in [-0.05, 0) is 39.7 Å². The lowest BCUT2D eigenvalue weighted by Gasteiger charge is -2.45. The Balaban J connectivity index is 2.42. The summed E-state index contributed by atoms with van der Waals surface area (Å²) in [5.74, 6) is -0.417. The van der Waals surface area contributed by atoms with Crippen LogP contribution >= 0.6 is 27.5 Å². The number of carbonyl (C=O) groups is 2. The summed E-state index contributed by atoms with van der Waals surface area (Å²) in [7, 11) is 0. The number of halogens is 2. The molecule has 1 aliphatic rings. The van der Waals surface area contributed by atoms with Crippen LogP contribution in [0.4, 0.5) is 0 Å². The number of hydrogen-bond acceptors (Lipinski definition) is 4. The first-order valence-corrected chi connectivity index (χ1v) is 8.18. The molecular weight excluding hydrogens is 386 g/mol.